The number of nitrogens with one attached hydrogen (secondary N) is 1. The Hall–Kier alpha value is -1.92. The van der Waals surface area contributed by atoms with Crippen LogP contribution in [0.4, 0.5) is 0 Å². The maximum absolute atomic E-state index is 12.4. The standard InChI is InChI=1S/C12H16N4O3/c1-7-11(17)15-10(8-2-3-8)12(18)16(7)5-4-9-13-6-14-19-9/h6-8,10H,2-5H2,1H3,(H,15,17). The van der Waals surface area contributed by atoms with E-state index in [-0.39, 0.29) is 17.9 Å². The molecule has 0 bridgehead atoms. The third-order valence-electron chi connectivity index (χ3n) is 3.76. The van der Waals surface area contributed by atoms with Crippen molar-refractivity contribution in [3.63, 3.8) is 0 Å². The first-order valence-electron chi connectivity index (χ1n) is 6.53. The van der Waals surface area contributed by atoms with Gasteiger partial charge in [0.2, 0.25) is 17.7 Å². The number of aromatic nitrogens is 2. The average Bonchev–Trinajstić information content (AvgIpc) is 3.10. The molecular formula is C12H16N4O3. The van der Waals surface area contributed by atoms with Crippen LogP contribution in [0, 0.1) is 5.92 Å². The predicted molar refractivity (Wildman–Crippen MR) is 63.8 cm³/mol. The molecule has 2 amide bonds. The topological polar surface area (TPSA) is 88.3 Å². The Morgan fingerprint density at radius 3 is 2.89 bits per heavy atom. The lowest BCUT2D eigenvalue weighted by atomic mass is 10.0. The quantitative estimate of drug-likeness (QED) is 0.809. The van der Waals surface area contributed by atoms with Gasteiger partial charge in [-0.15, -0.1) is 0 Å². The molecule has 2 atom stereocenters. The highest BCUT2D eigenvalue weighted by Gasteiger charge is 2.45. The number of hydrogen-bond acceptors (Lipinski definition) is 5. The monoisotopic (exact) mass is 264 g/mol. The molecule has 0 spiro atoms. The molecule has 7 nitrogen and oxygen atoms in total. The Balaban J connectivity index is 1.69. The summed E-state index contributed by atoms with van der Waals surface area (Å²) in [7, 11) is 0. The summed E-state index contributed by atoms with van der Waals surface area (Å²) in [5, 5.41) is 6.34. The molecule has 2 unspecified atom stereocenters. The van der Waals surface area contributed by atoms with Crippen LogP contribution >= 0.6 is 0 Å². The lowest BCUT2D eigenvalue weighted by molar-refractivity contribution is -0.149. The molecule has 1 aliphatic heterocycles. The van der Waals surface area contributed by atoms with Crippen LogP contribution in [0.25, 0.3) is 0 Å². The van der Waals surface area contributed by atoms with Crippen molar-refractivity contribution < 1.29 is 14.1 Å². The molecule has 19 heavy (non-hydrogen) atoms. The number of amides is 2. The molecule has 7 heteroatoms. The van der Waals surface area contributed by atoms with Crippen molar-refractivity contribution in [3.05, 3.63) is 12.2 Å². The van der Waals surface area contributed by atoms with E-state index in [1.807, 2.05) is 0 Å². The van der Waals surface area contributed by atoms with Crippen LogP contribution in [-0.4, -0.2) is 45.5 Å². The van der Waals surface area contributed by atoms with Crippen molar-refractivity contribution in [1.82, 2.24) is 20.4 Å². The fourth-order valence-corrected chi connectivity index (χ4v) is 2.42. The fourth-order valence-electron chi connectivity index (χ4n) is 2.42. The first-order valence-corrected chi connectivity index (χ1v) is 6.53. The van der Waals surface area contributed by atoms with Gasteiger partial charge in [-0.1, -0.05) is 5.16 Å². The lowest BCUT2D eigenvalue weighted by Crippen LogP contribution is -2.63. The Morgan fingerprint density at radius 2 is 2.26 bits per heavy atom. The van der Waals surface area contributed by atoms with E-state index < -0.39 is 6.04 Å². The van der Waals surface area contributed by atoms with E-state index in [1.54, 1.807) is 11.8 Å². The van der Waals surface area contributed by atoms with Crippen molar-refractivity contribution >= 4 is 11.8 Å². The number of hydrogen-bond donors (Lipinski definition) is 1. The third-order valence-corrected chi connectivity index (χ3v) is 3.76. The van der Waals surface area contributed by atoms with Crippen LogP contribution in [0.5, 0.6) is 0 Å². The third kappa shape index (κ3) is 2.32. The van der Waals surface area contributed by atoms with E-state index in [4.69, 9.17) is 4.52 Å². The van der Waals surface area contributed by atoms with Crippen LogP contribution in [0.2, 0.25) is 0 Å². The van der Waals surface area contributed by atoms with E-state index in [0.717, 1.165) is 12.8 Å². The smallest absolute Gasteiger partial charge is 0.246 e. The van der Waals surface area contributed by atoms with Gasteiger partial charge in [0.05, 0.1) is 0 Å². The number of piperazine rings is 1. The van der Waals surface area contributed by atoms with Crippen LogP contribution in [0.1, 0.15) is 25.7 Å². The lowest BCUT2D eigenvalue weighted by Gasteiger charge is -2.37. The summed E-state index contributed by atoms with van der Waals surface area (Å²) < 4.78 is 4.91. The summed E-state index contributed by atoms with van der Waals surface area (Å²) in [5.41, 5.74) is 0. The second kappa shape index (κ2) is 4.64. The first-order chi connectivity index (χ1) is 9.16. The van der Waals surface area contributed by atoms with E-state index in [2.05, 4.69) is 15.5 Å². The Labute approximate surface area is 110 Å². The maximum Gasteiger partial charge on any atom is 0.246 e. The summed E-state index contributed by atoms with van der Waals surface area (Å²) >= 11 is 0. The molecule has 1 saturated heterocycles. The Morgan fingerprint density at radius 1 is 1.47 bits per heavy atom. The summed E-state index contributed by atoms with van der Waals surface area (Å²) in [5.74, 6) is 0.722. The maximum atomic E-state index is 12.4. The van der Waals surface area contributed by atoms with Gasteiger partial charge in [0.15, 0.2) is 6.33 Å². The highest BCUT2D eigenvalue weighted by molar-refractivity contribution is 5.97. The molecule has 1 aromatic heterocycles. The molecule has 2 fully saturated rings. The summed E-state index contributed by atoms with van der Waals surface area (Å²) in [6, 6.07) is -0.781. The van der Waals surface area contributed by atoms with E-state index in [9.17, 15) is 9.59 Å². The van der Waals surface area contributed by atoms with Gasteiger partial charge in [-0.2, -0.15) is 4.98 Å². The zero-order chi connectivity index (χ0) is 13.4. The molecule has 1 N–H and O–H groups in total. The summed E-state index contributed by atoms with van der Waals surface area (Å²) in [4.78, 5) is 29.8. The molecule has 1 saturated carbocycles. The molecule has 2 aliphatic rings. The summed E-state index contributed by atoms with van der Waals surface area (Å²) in [6.45, 7) is 2.17. The van der Waals surface area contributed by atoms with E-state index >= 15 is 0 Å². The SMILES string of the molecule is CC1C(=O)NC(C2CC2)C(=O)N1CCc1ncno1. The highest BCUT2D eigenvalue weighted by Crippen LogP contribution is 2.35. The predicted octanol–water partition coefficient (Wildman–Crippen LogP) is -0.262. The minimum atomic E-state index is -0.439. The van der Waals surface area contributed by atoms with Crippen molar-refractivity contribution in [2.24, 2.45) is 5.92 Å². The molecule has 1 aliphatic carbocycles. The van der Waals surface area contributed by atoms with E-state index in [1.165, 1.54) is 6.33 Å². The molecule has 0 aromatic carbocycles. The number of carbonyl (C=O) groups excluding carboxylic acids is 2. The van der Waals surface area contributed by atoms with Gasteiger partial charge in [0.1, 0.15) is 12.1 Å². The molecule has 0 radical (unpaired) electrons. The van der Waals surface area contributed by atoms with Crippen LogP contribution in [0.15, 0.2) is 10.9 Å². The Kier molecular flexibility index (Phi) is 2.96. The van der Waals surface area contributed by atoms with Gasteiger partial charge in [-0.25, -0.2) is 0 Å². The van der Waals surface area contributed by atoms with Crippen molar-refractivity contribution in [3.8, 4) is 0 Å². The minimum absolute atomic E-state index is 0.00844. The van der Waals surface area contributed by atoms with Gasteiger partial charge in [-0.05, 0) is 25.7 Å². The van der Waals surface area contributed by atoms with Crippen LogP contribution in [-0.2, 0) is 16.0 Å². The van der Waals surface area contributed by atoms with Crippen molar-refractivity contribution in [1.29, 1.82) is 0 Å². The number of carbonyl (C=O) groups is 2. The zero-order valence-corrected chi connectivity index (χ0v) is 10.7. The highest BCUT2D eigenvalue weighted by atomic mass is 16.5. The minimum Gasteiger partial charge on any atom is -0.342 e. The van der Waals surface area contributed by atoms with Gasteiger partial charge in [-0.3, -0.25) is 9.59 Å². The molecule has 1 aromatic rings. The van der Waals surface area contributed by atoms with Gasteiger partial charge in [0.25, 0.3) is 0 Å². The van der Waals surface area contributed by atoms with Crippen molar-refractivity contribution in [2.45, 2.75) is 38.3 Å². The van der Waals surface area contributed by atoms with Crippen LogP contribution < -0.4 is 5.32 Å². The van der Waals surface area contributed by atoms with Gasteiger partial charge in [0, 0.05) is 13.0 Å². The summed E-state index contributed by atoms with van der Waals surface area (Å²) in [6.07, 6.45) is 3.84. The Bertz CT molecular complexity index is 483. The number of rotatable bonds is 4. The largest absolute Gasteiger partial charge is 0.342 e. The molecule has 102 valence electrons. The fraction of sp³-hybridized carbons (Fsp3) is 0.667. The van der Waals surface area contributed by atoms with Gasteiger partial charge >= 0.3 is 0 Å². The average molecular weight is 264 g/mol. The second-order valence-electron chi connectivity index (χ2n) is 5.12. The second-order valence-corrected chi connectivity index (χ2v) is 5.12. The van der Waals surface area contributed by atoms with Crippen molar-refractivity contribution in [2.75, 3.05) is 6.54 Å². The first kappa shape index (κ1) is 12.1. The van der Waals surface area contributed by atoms with Crippen LogP contribution in [0.3, 0.4) is 0 Å². The zero-order valence-electron chi connectivity index (χ0n) is 10.7. The number of nitrogens with zero attached hydrogens (tertiary/aromatic N) is 3. The van der Waals surface area contributed by atoms with E-state index in [0.29, 0.717) is 24.8 Å². The normalized spacial score (nSPS) is 27.5. The molecule has 3 rings (SSSR count). The van der Waals surface area contributed by atoms with Gasteiger partial charge < -0.3 is 14.7 Å². The molecule has 2 heterocycles. The molecular weight excluding hydrogens is 248 g/mol.